The van der Waals surface area contributed by atoms with Gasteiger partial charge in [0, 0.05) is 24.0 Å². The van der Waals surface area contributed by atoms with E-state index in [1.54, 1.807) is 0 Å². The summed E-state index contributed by atoms with van der Waals surface area (Å²) in [4.78, 5) is 30.8. The van der Waals surface area contributed by atoms with Crippen molar-refractivity contribution in [1.82, 2.24) is 9.80 Å². The lowest BCUT2D eigenvalue weighted by Crippen LogP contribution is -2.24. The molecule has 0 saturated carbocycles. The number of nitrogens with zero attached hydrogens (tertiary/aromatic N) is 2. The van der Waals surface area contributed by atoms with Crippen LogP contribution in [0.3, 0.4) is 0 Å². The van der Waals surface area contributed by atoms with E-state index < -0.39 is 0 Å². The molecule has 6 heteroatoms. The molecule has 1 aliphatic rings. The van der Waals surface area contributed by atoms with Gasteiger partial charge in [0.05, 0.1) is 0 Å². The van der Waals surface area contributed by atoms with Crippen LogP contribution in [0.15, 0.2) is 24.3 Å². The Hall–Kier alpha value is -1.46. The number of rotatable bonds is 14. The van der Waals surface area contributed by atoms with Crippen molar-refractivity contribution < 1.29 is 9.59 Å². The normalized spacial score (nSPS) is 12.2. The molecule has 0 heterocycles. The van der Waals surface area contributed by atoms with Gasteiger partial charge in [-0.2, -0.15) is 0 Å². The topological polar surface area (TPSA) is 40.6 Å². The van der Waals surface area contributed by atoms with Crippen LogP contribution in [0, 0.1) is 0 Å². The molecule has 0 saturated heterocycles. The molecule has 0 aliphatic heterocycles. The van der Waals surface area contributed by atoms with Crippen LogP contribution in [0.4, 0.5) is 0 Å². The SMILES string of the molecule is CCN(CC)CCCC(=O)c1ccc2c(C(=O)CCCN(CC)CC)ccc3c2c1CC3.Cl.Cl. The van der Waals surface area contributed by atoms with Gasteiger partial charge in [-0.25, -0.2) is 0 Å². The van der Waals surface area contributed by atoms with Gasteiger partial charge in [0.25, 0.3) is 0 Å². The van der Waals surface area contributed by atoms with Crippen molar-refractivity contribution in [1.29, 1.82) is 0 Å². The maximum atomic E-state index is 13.1. The number of halogens is 2. The van der Waals surface area contributed by atoms with Crippen molar-refractivity contribution in [2.45, 2.75) is 66.2 Å². The molecule has 190 valence electrons. The molecule has 2 aromatic carbocycles. The molecule has 2 aromatic rings. The van der Waals surface area contributed by atoms with E-state index >= 15 is 0 Å². The summed E-state index contributed by atoms with van der Waals surface area (Å²) in [5.74, 6) is 0.470. The number of Topliss-reactive ketones (excluding diaryl/α,β-unsaturated/α-hetero) is 2. The number of ketones is 2. The fourth-order valence-corrected chi connectivity index (χ4v) is 5.10. The Morgan fingerprint density at radius 1 is 0.706 bits per heavy atom. The van der Waals surface area contributed by atoms with Crippen molar-refractivity contribution in [3.05, 3.63) is 46.5 Å². The lowest BCUT2D eigenvalue weighted by molar-refractivity contribution is 0.0968. The minimum Gasteiger partial charge on any atom is -0.304 e. The summed E-state index contributed by atoms with van der Waals surface area (Å²) in [6, 6.07) is 8.14. The first-order chi connectivity index (χ1) is 15.5. The van der Waals surface area contributed by atoms with Crippen molar-refractivity contribution in [3.63, 3.8) is 0 Å². The lowest BCUT2D eigenvalue weighted by atomic mass is 9.92. The molecule has 0 fully saturated rings. The third kappa shape index (κ3) is 7.04. The van der Waals surface area contributed by atoms with Gasteiger partial charge >= 0.3 is 0 Å². The van der Waals surface area contributed by atoms with Crippen molar-refractivity contribution in [2.75, 3.05) is 39.3 Å². The van der Waals surface area contributed by atoms with Crippen LogP contribution in [0.1, 0.15) is 85.2 Å². The predicted octanol–water partition coefficient (Wildman–Crippen LogP) is 6.39. The van der Waals surface area contributed by atoms with E-state index in [0.717, 1.165) is 81.5 Å². The number of aryl methyl sites for hydroxylation is 2. The molecule has 0 bridgehead atoms. The average molecular weight is 510 g/mol. The summed E-state index contributed by atoms with van der Waals surface area (Å²) in [7, 11) is 0. The largest absolute Gasteiger partial charge is 0.304 e. The van der Waals surface area contributed by atoms with Crippen LogP contribution in [0.25, 0.3) is 10.8 Å². The molecule has 0 radical (unpaired) electrons. The minimum atomic E-state index is 0. The van der Waals surface area contributed by atoms with Gasteiger partial charge < -0.3 is 9.80 Å². The van der Waals surface area contributed by atoms with Crippen LogP contribution in [0.5, 0.6) is 0 Å². The van der Waals surface area contributed by atoms with Crippen LogP contribution in [-0.4, -0.2) is 60.6 Å². The first-order valence-electron chi connectivity index (χ1n) is 12.6. The summed E-state index contributed by atoms with van der Waals surface area (Å²) in [6.45, 7) is 14.7. The molecule has 0 amide bonds. The molecular formula is C28H42Cl2N2O2. The zero-order valence-electron chi connectivity index (χ0n) is 21.3. The molecule has 0 aromatic heterocycles. The Morgan fingerprint density at radius 2 is 1.21 bits per heavy atom. The molecule has 3 rings (SSSR count). The molecule has 4 nitrogen and oxygen atoms in total. The van der Waals surface area contributed by atoms with Gasteiger partial charge in [0.15, 0.2) is 11.6 Å². The number of benzene rings is 2. The highest BCUT2D eigenvalue weighted by molar-refractivity contribution is 6.12. The van der Waals surface area contributed by atoms with Crippen LogP contribution >= 0.6 is 24.8 Å². The predicted molar refractivity (Wildman–Crippen MR) is 149 cm³/mol. The minimum absolute atomic E-state index is 0. The lowest BCUT2D eigenvalue weighted by Gasteiger charge is -2.18. The maximum absolute atomic E-state index is 13.1. The molecule has 0 N–H and O–H groups in total. The van der Waals surface area contributed by atoms with E-state index in [-0.39, 0.29) is 36.4 Å². The summed E-state index contributed by atoms with van der Waals surface area (Å²) in [6.07, 6.45) is 4.83. The Kier molecular flexibility index (Phi) is 13.3. The Morgan fingerprint density at radius 3 is 1.74 bits per heavy atom. The monoisotopic (exact) mass is 508 g/mol. The number of hydrogen-bond donors (Lipinski definition) is 0. The molecule has 1 aliphatic carbocycles. The van der Waals surface area contributed by atoms with Gasteiger partial charge in [-0.1, -0.05) is 52.0 Å². The van der Waals surface area contributed by atoms with E-state index in [4.69, 9.17) is 0 Å². The van der Waals surface area contributed by atoms with Crippen molar-refractivity contribution >= 4 is 47.2 Å². The highest BCUT2D eigenvalue weighted by Crippen LogP contribution is 2.36. The first kappa shape index (κ1) is 30.6. The van der Waals surface area contributed by atoms with E-state index in [9.17, 15) is 9.59 Å². The first-order valence-corrected chi connectivity index (χ1v) is 12.6. The summed E-state index contributed by atoms with van der Waals surface area (Å²) in [5, 5.41) is 2.22. The second-order valence-corrected chi connectivity index (χ2v) is 8.89. The Labute approximate surface area is 218 Å². The van der Waals surface area contributed by atoms with Crippen molar-refractivity contribution in [2.24, 2.45) is 0 Å². The van der Waals surface area contributed by atoms with Gasteiger partial charge in [-0.15, -0.1) is 24.8 Å². The average Bonchev–Trinajstić information content (AvgIpc) is 3.25. The summed E-state index contributed by atoms with van der Waals surface area (Å²) in [5.41, 5.74) is 4.16. The summed E-state index contributed by atoms with van der Waals surface area (Å²) < 4.78 is 0. The molecule has 34 heavy (non-hydrogen) atoms. The number of carbonyl (C=O) groups excluding carboxylic acids is 2. The van der Waals surface area contributed by atoms with Gasteiger partial charge in [0.1, 0.15) is 0 Å². The third-order valence-electron chi connectivity index (χ3n) is 7.17. The van der Waals surface area contributed by atoms with E-state index in [0.29, 0.717) is 12.8 Å². The van der Waals surface area contributed by atoms with Gasteiger partial charge in [-0.3, -0.25) is 9.59 Å². The van der Waals surface area contributed by atoms with E-state index in [1.807, 2.05) is 18.2 Å². The fraction of sp³-hybridized carbons (Fsp3) is 0.571. The van der Waals surface area contributed by atoms with Crippen LogP contribution in [0.2, 0.25) is 0 Å². The molecule has 0 unspecified atom stereocenters. The number of carbonyl (C=O) groups is 2. The zero-order valence-corrected chi connectivity index (χ0v) is 23.0. The molecular weight excluding hydrogens is 467 g/mol. The maximum Gasteiger partial charge on any atom is 0.163 e. The standard InChI is InChI=1S/C28H40N2O2.2ClH/c1-5-29(6-2)19-9-11-26(31)22-15-13-21-14-16-24-23(17-18-25(22)28(21)24)27(32)12-10-20-30(7-3)8-4;;/h13,15,17-18H,5-12,14,16,19-20H2,1-4H3;2*1H. The second-order valence-electron chi connectivity index (χ2n) is 8.89. The van der Waals surface area contributed by atoms with E-state index in [2.05, 4.69) is 43.6 Å². The van der Waals surface area contributed by atoms with Crippen molar-refractivity contribution in [3.8, 4) is 0 Å². The summed E-state index contributed by atoms with van der Waals surface area (Å²) >= 11 is 0. The zero-order chi connectivity index (χ0) is 23.1. The molecule has 0 atom stereocenters. The Balaban J connectivity index is 0.00000289. The van der Waals surface area contributed by atoms with Crippen LogP contribution < -0.4 is 0 Å². The quantitative estimate of drug-likeness (QED) is 0.277. The van der Waals surface area contributed by atoms with Gasteiger partial charge in [0.2, 0.25) is 0 Å². The fourth-order valence-electron chi connectivity index (χ4n) is 5.10. The smallest absolute Gasteiger partial charge is 0.163 e. The highest BCUT2D eigenvalue weighted by atomic mass is 35.5. The highest BCUT2D eigenvalue weighted by Gasteiger charge is 2.23. The second kappa shape index (κ2) is 14.8. The Bertz CT molecular complexity index is 953. The third-order valence-corrected chi connectivity index (χ3v) is 7.17. The van der Waals surface area contributed by atoms with E-state index in [1.165, 1.54) is 16.5 Å². The van der Waals surface area contributed by atoms with Crippen LogP contribution in [-0.2, 0) is 12.8 Å². The number of hydrogen-bond acceptors (Lipinski definition) is 4. The molecule has 0 spiro atoms. The van der Waals surface area contributed by atoms with Gasteiger partial charge in [-0.05, 0) is 86.9 Å².